The fourth-order valence-electron chi connectivity index (χ4n) is 1.02. The minimum Gasteiger partial charge on any atom is -0.505 e. The summed E-state index contributed by atoms with van der Waals surface area (Å²) < 4.78 is 4.87. The number of esters is 1. The highest BCUT2D eigenvalue weighted by Crippen LogP contribution is 2.14. The number of allylic oxidation sites excluding steroid dienone is 1. The molecule has 0 bridgehead atoms. The van der Waals surface area contributed by atoms with Crippen LogP contribution in [0.4, 0.5) is 0 Å². The third-order valence-corrected chi connectivity index (χ3v) is 1.87. The molecule has 0 heterocycles. The van der Waals surface area contributed by atoms with Gasteiger partial charge in [-0.3, -0.25) is 0 Å². The maximum Gasteiger partial charge on any atom is 0.505 e. The maximum absolute atomic E-state index is 11.4. The van der Waals surface area contributed by atoms with Crippen LogP contribution in [0.3, 0.4) is 0 Å². The zero-order chi connectivity index (χ0) is 12.1. The lowest BCUT2D eigenvalue weighted by Crippen LogP contribution is -2.10. The second-order valence-corrected chi connectivity index (χ2v) is 3.24. The Morgan fingerprint density at radius 3 is 2.38 bits per heavy atom. The van der Waals surface area contributed by atoms with E-state index in [2.05, 4.69) is 4.98 Å². The van der Waals surface area contributed by atoms with Gasteiger partial charge in [0.25, 0.3) is 0 Å². The van der Waals surface area contributed by atoms with E-state index in [1.54, 1.807) is 24.3 Å². The van der Waals surface area contributed by atoms with E-state index in [-0.39, 0.29) is 0 Å². The Bertz CT molecular complexity index is 465. The first kappa shape index (κ1) is 11.7. The van der Waals surface area contributed by atoms with Crippen molar-refractivity contribution >= 4 is 5.97 Å². The number of rotatable bonds is 2. The van der Waals surface area contributed by atoms with Crippen LogP contribution in [0.15, 0.2) is 35.7 Å². The Hall–Kier alpha value is -2.35. The number of aliphatic hydroxyl groups excluding tert-OH is 1. The molecule has 0 saturated heterocycles. The van der Waals surface area contributed by atoms with Crippen LogP contribution in [0.1, 0.15) is 12.5 Å². The normalized spacial score (nSPS) is 11.3. The fraction of sp³-hybridized carbons (Fsp3) is 0.182. The number of aryl methyl sites for hydroxylation is 1. The predicted octanol–water partition coefficient (Wildman–Crippen LogP) is 2.54. The molecule has 0 fully saturated rings. The van der Waals surface area contributed by atoms with Crippen molar-refractivity contribution in [1.82, 2.24) is 0 Å². The van der Waals surface area contributed by atoms with Gasteiger partial charge in [-0.05, 0) is 19.1 Å². The van der Waals surface area contributed by atoms with Crippen LogP contribution in [0.25, 0.3) is 4.98 Å². The molecule has 5 heteroatoms. The summed E-state index contributed by atoms with van der Waals surface area (Å²) in [6.45, 7) is 3.13. The van der Waals surface area contributed by atoms with Gasteiger partial charge in [0.15, 0.2) is 10.7 Å². The second kappa shape index (κ2) is 4.94. The molecule has 0 aliphatic carbocycles. The van der Waals surface area contributed by atoms with Crippen LogP contribution in [0, 0.1) is 12.3 Å². The topological polar surface area (TPSA) is 74.7 Å². The van der Waals surface area contributed by atoms with Gasteiger partial charge in [-0.25, -0.2) is 4.79 Å². The van der Waals surface area contributed by atoms with Gasteiger partial charge in [0.05, 0.1) is 0 Å². The van der Waals surface area contributed by atoms with Crippen molar-refractivity contribution in [3.8, 4) is 5.75 Å². The smallest absolute Gasteiger partial charge is 0.505 e. The molecule has 0 spiro atoms. The van der Waals surface area contributed by atoms with Crippen LogP contribution >= 0.6 is 0 Å². The van der Waals surface area contributed by atoms with E-state index in [0.717, 1.165) is 5.56 Å². The van der Waals surface area contributed by atoms with E-state index in [0.29, 0.717) is 5.75 Å². The molecule has 0 radical (unpaired) electrons. The Balaban J connectivity index is 2.84. The number of carbonyl (C=O) groups is 1. The summed E-state index contributed by atoms with van der Waals surface area (Å²) in [6.07, 6.45) is 0. The van der Waals surface area contributed by atoms with Crippen molar-refractivity contribution in [2.24, 2.45) is 0 Å². The number of diazo groups is 1. The number of hydrogen-bond acceptors (Lipinski definition) is 4. The summed E-state index contributed by atoms with van der Waals surface area (Å²) >= 11 is 0. The average molecular weight is 219 g/mol. The predicted molar refractivity (Wildman–Crippen MR) is 57.2 cm³/mol. The van der Waals surface area contributed by atoms with Crippen LogP contribution in [-0.2, 0) is 4.79 Å². The van der Waals surface area contributed by atoms with Gasteiger partial charge in [0, 0.05) is 6.92 Å². The monoisotopic (exact) mass is 219 g/mol. The summed E-state index contributed by atoms with van der Waals surface area (Å²) in [4.78, 5) is 14.0. The quantitative estimate of drug-likeness (QED) is 0.272. The fourth-order valence-corrected chi connectivity index (χ4v) is 1.02. The lowest BCUT2D eigenvalue weighted by molar-refractivity contribution is -0.130. The molecular weight excluding hydrogens is 208 g/mol. The van der Waals surface area contributed by atoms with Crippen LogP contribution in [0.2, 0.25) is 0 Å². The Morgan fingerprint density at radius 2 is 1.94 bits per heavy atom. The van der Waals surface area contributed by atoms with Gasteiger partial charge in [-0.1, -0.05) is 17.7 Å². The number of carbonyl (C=O) groups excluding carboxylic acids is 1. The minimum absolute atomic E-state index is 0.318. The SMILES string of the molecule is CC(O)=C([N+]#N)C(=O)Oc1ccc(C)cc1. The second-order valence-electron chi connectivity index (χ2n) is 3.24. The molecule has 0 unspecified atom stereocenters. The van der Waals surface area contributed by atoms with Crippen molar-refractivity contribution in [3.63, 3.8) is 0 Å². The Morgan fingerprint density at radius 1 is 1.38 bits per heavy atom. The molecule has 16 heavy (non-hydrogen) atoms. The van der Waals surface area contributed by atoms with Crippen molar-refractivity contribution < 1.29 is 14.6 Å². The third kappa shape index (κ3) is 2.82. The van der Waals surface area contributed by atoms with Gasteiger partial charge in [0.1, 0.15) is 5.75 Å². The largest absolute Gasteiger partial charge is 0.505 e. The summed E-state index contributed by atoms with van der Waals surface area (Å²) in [5.74, 6) is -0.996. The summed E-state index contributed by atoms with van der Waals surface area (Å²) in [5, 5.41) is 17.5. The molecule has 1 aromatic rings. The highest BCUT2D eigenvalue weighted by atomic mass is 16.5. The number of benzene rings is 1. The lowest BCUT2D eigenvalue weighted by atomic mass is 10.2. The molecule has 82 valence electrons. The first-order valence-electron chi connectivity index (χ1n) is 4.58. The van der Waals surface area contributed by atoms with Gasteiger partial charge in [-0.2, -0.15) is 0 Å². The van der Waals surface area contributed by atoms with Gasteiger partial charge >= 0.3 is 11.7 Å². The van der Waals surface area contributed by atoms with E-state index in [1.807, 2.05) is 6.92 Å². The molecular formula is C11H11N2O3+. The van der Waals surface area contributed by atoms with E-state index >= 15 is 0 Å². The minimum atomic E-state index is -0.911. The number of ether oxygens (including phenoxy) is 1. The van der Waals surface area contributed by atoms with Crippen molar-refractivity contribution in [2.75, 3.05) is 0 Å². The Labute approximate surface area is 92.6 Å². The van der Waals surface area contributed by atoms with Crippen LogP contribution < -0.4 is 4.74 Å². The lowest BCUT2D eigenvalue weighted by Gasteiger charge is -1.99. The first-order valence-corrected chi connectivity index (χ1v) is 4.58. The van der Waals surface area contributed by atoms with E-state index in [9.17, 15) is 4.79 Å². The number of nitrogens with zero attached hydrogens (tertiary/aromatic N) is 2. The number of aliphatic hydroxyl groups is 1. The van der Waals surface area contributed by atoms with Gasteiger partial charge in [0.2, 0.25) is 5.39 Å². The first-order chi connectivity index (χ1) is 7.54. The standard InChI is InChI=1S/C11H10N2O3/c1-7-3-5-9(6-4-7)16-11(15)10(13-12)8(2)14/h3-6H,1-2H3/p+1. The molecule has 0 aliphatic rings. The van der Waals surface area contributed by atoms with Gasteiger partial charge in [-0.15, -0.1) is 0 Å². The molecule has 0 atom stereocenters. The van der Waals surface area contributed by atoms with E-state index < -0.39 is 17.4 Å². The van der Waals surface area contributed by atoms with Crippen LogP contribution in [-0.4, -0.2) is 11.1 Å². The number of hydrogen-bond donors (Lipinski definition) is 1. The summed E-state index contributed by atoms with van der Waals surface area (Å²) in [7, 11) is 0. The molecule has 0 aliphatic heterocycles. The molecule has 5 nitrogen and oxygen atoms in total. The molecule has 0 saturated carbocycles. The van der Waals surface area contributed by atoms with Crippen LogP contribution in [0.5, 0.6) is 5.75 Å². The van der Waals surface area contributed by atoms with Crippen molar-refractivity contribution in [2.45, 2.75) is 13.8 Å². The molecule has 1 rings (SSSR count). The van der Waals surface area contributed by atoms with E-state index in [4.69, 9.17) is 15.2 Å². The Kier molecular flexibility index (Phi) is 3.62. The summed E-state index contributed by atoms with van der Waals surface area (Å²) in [6, 6.07) is 6.76. The molecule has 1 N–H and O–H groups in total. The van der Waals surface area contributed by atoms with Crippen molar-refractivity contribution in [1.29, 1.82) is 5.39 Å². The maximum atomic E-state index is 11.4. The average Bonchev–Trinajstić information content (AvgIpc) is 2.22. The van der Waals surface area contributed by atoms with Crippen molar-refractivity contribution in [3.05, 3.63) is 46.3 Å². The highest BCUT2D eigenvalue weighted by Gasteiger charge is 2.29. The highest BCUT2D eigenvalue weighted by molar-refractivity contribution is 5.92. The summed E-state index contributed by atoms with van der Waals surface area (Å²) in [5.41, 5.74) is 0.515. The van der Waals surface area contributed by atoms with Gasteiger partial charge < -0.3 is 9.84 Å². The molecule has 0 aromatic heterocycles. The molecule has 1 aromatic carbocycles. The molecule has 0 amide bonds. The third-order valence-electron chi connectivity index (χ3n) is 1.87. The zero-order valence-corrected chi connectivity index (χ0v) is 8.97. The van der Waals surface area contributed by atoms with E-state index in [1.165, 1.54) is 6.92 Å². The zero-order valence-electron chi connectivity index (χ0n) is 8.97.